The van der Waals surface area contributed by atoms with Crippen molar-refractivity contribution in [3.8, 4) is 0 Å². The normalized spacial score (nSPS) is 24.2. The zero-order valence-corrected chi connectivity index (χ0v) is 11.5. The molecular formula is C14H22N2O2. The lowest BCUT2D eigenvalue weighted by Gasteiger charge is -2.39. The first-order valence-corrected chi connectivity index (χ1v) is 6.29. The maximum Gasteiger partial charge on any atom is 0.154 e. The summed E-state index contributed by atoms with van der Waals surface area (Å²) in [6, 6.07) is 0.659. The van der Waals surface area contributed by atoms with Crippen LogP contribution in [0.1, 0.15) is 40.5 Å². The number of ketones is 2. The summed E-state index contributed by atoms with van der Waals surface area (Å²) in [5.74, 6) is 0.105. The van der Waals surface area contributed by atoms with Gasteiger partial charge in [0.15, 0.2) is 11.6 Å². The summed E-state index contributed by atoms with van der Waals surface area (Å²) in [6.07, 6.45) is 5.36. The number of nitrogens with one attached hydrogen (secondary N) is 2. The van der Waals surface area contributed by atoms with Gasteiger partial charge in [-0.25, -0.2) is 0 Å². The average Bonchev–Trinajstić information content (AvgIpc) is 2.19. The molecule has 1 rings (SSSR count). The molecular weight excluding hydrogens is 228 g/mol. The summed E-state index contributed by atoms with van der Waals surface area (Å²) < 4.78 is 0. The maximum absolute atomic E-state index is 10.9. The zero-order chi connectivity index (χ0) is 13.7. The molecule has 2 atom stereocenters. The molecule has 0 radical (unpaired) electrons. The fraction of sp³-hybridized carbons (Fsp3) is 0.571. The summed E-state index contributed by atoms with van der Waals surface area (Å²) in [5, 5.41) is 6.64. The van der Waals surface area contributed by atoms with Crippen LogP contribution < -0.4 is 10.6 Å². The van der Waals surface area contributed by atoms with Crippen molar-refractivity contribution >= 4 is 11.6 Å². The number of hydrogen-bond donors (Lipinski definition) is 2. The average molecular weight is 250 g/mol. The van der Waals surface area contributed by atoms with Gasteiger partial charge in [0.1, 0.15) is 0 Å². The van der Waals surface area contributed by atoms with Crippen LogP contribution in [0.15, 0.2) is 23.5 Å². The number of rotatable bonds is 6. The van der Waals surface area contributed by atoms with E-state index in [4.69, 9.17) is 0 Å². The van der Waals surface area contributed by atoms with Crippen molar-refractivity contribution in [3.63, 3.8) is 0 Å². The Morgan fingerprint density at radius 3 is 1.39 bits per heavy atom. The SMILES string of the molecule is CC(=O)/C=C(\C)N[C@H]1CC[C@H]1N/C(C)=C/C(C)=O. The van der Waals surface area contributed by atoms with E-state index < -0.39 is 0 Å². The Labute approximate surface area is 109 Å². The van der Waals surface area contributed by atoms with E-state index in [1.165, 1.54) is 0 Å². The van der Waals surface area contributed by atoms with E-state index in [1.807, 2.05) is 13.8 Å². The first-order valence-electron chi connectivity index (χ1n) is 6.29. The van der Waals surface area contributed by atoms with E-state index in [2.05, 4.69) is 10.6 Å². The van der Waals surface area contributed by atoms with Crippen LogP contribution in [-0.4, -0.2) is 23.7 Å². The van der Waals surface area contributed by atoms with Crippen molar-refractivity contribution in [1.82, 2.24) is 10.6 Å². The fourth-order valence-electron chi connectivity index (χ4n) is 2.12. The van der Waals surface area contributed by atoms with Gasteiger partial charge >= 0.3 is 0 Å². The van der Waals surface area contributed by atoms with E-state index in [0.29, 0.717) is 12.1 Å². The molecule has 0 aromatic heterocycles. The highest BCUT2D eigenvalue weighted by Crippen LogP contribution is 2.22. The third-order valence-electron chi connectivity index (χ3n) is 2.94. The number of carbonyl (C=O) groups is 2. The van der Waals surface area contributed by atoms with E-state index in [-0.39, 0.29) is 11.6 Å². The molecule has 0 bridgehead atoms. The van der Waals surface area contributed by atoms with Crippen LogP contribution in [0.4, 0.5) is 0 Å². The van der Waals surface area contributed by atoms with Gasteiger partial charge in [-0.1, -0.05) is 0 Å². The standard InChI is InChI=1S/C14H22N2O2/c1-9(7-11(3)17)15-13-5-6-14(13)16-10(2)8-12(4)18/h7-8,13-16H,5-6H2,1-4H3/b9-7+,10-8+/t13-,14+. The van der Waals surface area contributed by atoms with Crippen LogP contribution in [0.25, 0.3) is 0 Å². The second-order valence-electron chi connectivity index (χ2n) is 4.96. The molecule has 4 nitrogen and oxygen atoms in total. The van der Waals surface area contributed by atoms with Gasteiger partial charge < -0.3 is 10.6 Å². The summed E-state index contributed by atoms with van der Waals surface area (Å²) in [5.41, 5.74) is 1.79. The predicted molar refractivity (Wildman–Crippen MR) is 72.0 cm³/mol. The first kappa shape index (κ1) is 14.5. The second-order valence-corrected chi connectivity index (χ2v) is 4.96. The molecule has 0 spiro atoms. The second kappa shape index (κ2) is 6.38. The zero-order valence-electron chi connectivity index (χ0n) is 11.5. The summed E-state index contributed by atoms with van der Waals surface area (Å²) in [6.45, 7) is 6.88. The van der Waals surface area contributed by atoms with Gasteiger partial charge in [-0.15, -0.1) is 0 Å². The minimum Gasteiger partial charge on any atom is -0.384 e. The van der Waals surface area contributed by atoms with Crippen LogP contribution in [-0.2, 0) is 9.59 Å². The number of hydrogen-bond acceptors (Lipinski definition) is 4. The van der Waals surface area contributed by atoms with Crippen molar-refractivity contribution in [1.29, 1.82) is 0 Å². The summed E-state index contributed by atoms with van der Waals surface area (Å²) in [7, 11) is 0. The fourth-order valence-corrected chi connectivity index (χ4v) is 2.12. The molecule has 2 N–H and O–H groups in total. The molecule has 0 saturated heterocycles. The number of allylic oxidation sites excluding steroid dienone is 4. The van der Waals surface area contributed by atoms with Crippen molar-refractivity contribution in [2.75, 3.05) is 0 Å². The van der Waals surface area contributed by atoms with E-state index in [9.17, 15) is 9.59 Å². The molecule has 4 heteroatoms. The molecule has 0 unspecified atom stereocenters. The van der Waals surface area contributed by atoms with Crippen LogP contribution in [0.3, 0.4) is 0 Å². The van der Waals surface area contributed by atoms with Gasteiger partial charge in [-0.05, 0) is 52.7 Å². The van der Waals surface area contributed by atoms with E-state index in [1.54, 1.807) is 26.0 Å². The Morgan fingerprint density at radius 2 is 1.17 bits per heavy atom. The first-order chi connectivity index (χ1) is 8.38. The molecule has 1 saturated carbocycles. The van der Waals surface area contributed by atoms with Crippen molar-refractivity contribution in [2.24, 2.45) is 0 Å². The molecule has 0 amide bonds. The highest BCUT2D eigenvalue weighted by Gasteiger charge is 2.30. The lowest BCUT2D eigenvalue weighted by molar-refractivity contribution is -0.113. The Kier molecular flexibility index (Phi) is 5.13. The van der Waals surface area contributed by atoms with Gasteiger partial charge in [0.2, 0.25) is 0 Å². The largest absolute Gasteiger partial charge is 0.384 e. The van der Waals surface area contributed by atoms with Crippen molar-refractivity contribution in [2.45, 2.75) is 52.6 Å². The number of carbonyl (C=O) groups excluding carboxylic acids is 2. The van der Waals surface area contributed by atoms with Gasteiger partial charge in [-0.3, -0.25) is 9.59 Å². The summed E-state index contributed by atoms with van der Waals surface area (Å²) in [4.78, 5) is 21.9. The lowest BCUT2D eigenvalue weighted by atomic mass is 9.86. The molecule has 1 aliphatic carbocycles. The van der Waals surface area contributed by atoms with Crippen molar-refractivity contribution < 1.29 is 9.59 Å². The smallest absolute Gasteiger partial charge is 0.154 e. The van der Waals surface area contributed by atoms with Gasteiger partial charge in [0, 0.05) is 23.5 Å². The quantitative estimate of drug-likeness (QED) is 0.704. The van der Waals surface area contributed by atoms with Gasteiger partial charge in [0.25, 0.3) is 0 Å². The minimum absolute atomic E-state index is 0.0523. The molecule has 0 heterocycles. The Morgan fingerprint density at radius 1 is 0.833 bits per heavy atom. The molecule has 0 aliphatic heterocycles. The Balaban J connectivity index is 2.47. The lowest BCUT2D eigenvalue weighted by Crippen LogP contribution is -2.54. The highest BCUT2D eigenvalue weighted by molar-refractivity contribution is 5.88. The molecule has 100 valence electrons. The molecule has 1 fully saturated rings. The molecule has 0 aromatic carbocycles. The molecule has 0 aromatic rings. The van der Waals surface area contributed by atoms with Gasteiger partial charge in [-0.2, -0.15) is 0 Å². The van der Waals surface area contributed by atoms with Crippen LogP contribution in [0.2, 0.25) is 0 Å². The maximum atomic E-state index is 10.9. The Bertz CT molecular complexity index is 359. The van der Waals surface area contributed by atoms with Crippen LogP contribution >= 0.6 is 0 Å². The highest BCUT2D eigenvalue weighted by atomic mass is 16.1. The van der Waals surface area contributed by atoms with Crippen LogP contribution in [0, 0.1) is 0 Å². The monoisotopic (exact) mass is 250 g/mol. The third kappa shape index (κ3) is 4.73. The van der Waals surface area contributed by atoms with Gasteiger partial charge in [0.05, 0.1) is 0 Å². The third-order valence-corrected chi connectivity index (χ3v) is 2.94. The topological polar surface area (TPSA) is 58.2 Å². The molecule has 1 aliphatic rings. The van der Waals surface area contributed by atoms with Crippen LogP contribution in [0.5, 0.6) is 0 Å². The van der Waals surface area contributed by atoms with Crippen molar-refractivity contribution in [3.05, 3.63) is 23.5 Å². The predicted octanol–water partition coefficient (Wildman–Crippen LogP) is 1.68. The van der Waals surface area contributed by atoms with E-state index >= 15 is 0 Å². The van der Waals surface area contributed by atoms with E-state index in [0.717, 1.165) is 24.2 Å². The minimum atomic E-state index is 0.0523. The summed E-state index contributed by atoms with van der Waals surface area (Å²) >= 11 is 0. The molecule has 18 heavy (non-hydrogen) atoms. The Hall–Kier alpha value is -1.58.